The van der Waals surface area contributed by atoms with Crippen LogP contribution in [-0.2, 0) is 13.0 Å². The molecule has 0 aliphatic carbocycles. The third-order valence-electron chi connectivity index (χ3n) is 2.93. The monoisotopic (exact) mass is 229 g/mol. The maximum absolute atomic E-state index is 5.89. The quantitative estimate of drug-likeness (QED) is 0.875. The third kappa shape index (κ3) is 2.94. The summed E-state index contributed by atoms with van der Waals surface area (Å²) in [5, 5.41) is 0. The van der Waals surface area contributed by atoms with E-state index in [4.69, 9.17) is 5.73 Å². The lowest BCUT2D eigenvalue weighted by Gasteiger charge is -2.10. The molecule has 0 unspecified atom stereocenters. The van der Waals surface area contributed by atoms with Crippen molar-refractivity contribution in [2.75, 3.05) is 0 Å². The molecule has 3 nitrogen and oxygen atoms in total. The Morgan fingerprint density at radius 1 is 1.41 bits per heavy atom. The van der Waals surface area contributed by atoms with E-state index < -0.39 is 0 Å². The molecule has 0 saturated carbocycles. The zero-order valence-corrected chi connectivity index (χ0v) is 10.4. The number of nitrogens with zero attached hydrogens (tertiary/aromatic N) is 2. The predicted octanol–water partition coefficient (Wildman–Crippen LogP) is 2.45. The minimum Gasteiger partial charge on any atom is -0.333 e. The molecule has 90 valence electrons. The van der Waals surface area contributed by atoms with Crippen molar-refractivity contribution in [1.82, 2.24) is 9.55 Å². The van der Waals surface area contributed by atoms with E-state index in [9.17, 15) is 0 Å². The van der Waals surface area contributed by atoms with Crippen LogP contribution in [0.25, 0.3) is 0 Å². The van der Waals surface area contributed by atoms with Crippen LogP contribution >= 0.6 is 0 Å². The summed E-state index contributed by atoms with van der Waals surface area (Å²) < 4.78 is 2.13. The molecule has 0 bridgehead atoms. The van der Waals surface area contributed by atoms with E-state index in [0.29, 0.717) is 0 Å². The Labute approximate surface area is 102 Å². The Balaban J connectivity index is 2.05. The fourth-order valence-corrected chi connectivity index (χ4v) is 2.01. The first-order chi connectivity index (χ1) is 8.16. The molecule has 0 amide bonds. The summed E-state index contributed by atoms with van der Waals surface area (Å²) in [4.78, 5) is 4.16. The summed E-state index contributed by atoms with van der Waals surface area (Å²) in [6, 6.07) is 8.65. The lowest BCUT2D eigenvalue weighted by molar-refractivity contribution is 0.624. The number of nitrogens with two attached hydrogens (primary N) is 1. The second-order valence-corrected chi connectivity index (χ2v) is 4.54. The van der Waals surface area contributed by atoms with E-state index in [1.807, 2.05) is 19.4 Å². The van der Waals surface area contributed by atoms with Crippen LogP contribution < -0.4 is 5.73 Å². The molecule has 1 atom stereocenters. The van der Waals surface area contributed by atoms with Gasteiger partial charge < -0.3 is 10.3 Å². The minimum atomic E-state index is 0.0370. The molecule has 3 heteroatoms. The fourth-order valence-electron chi connectivity index (χ4n) is 2.01. The van der Waals surface area contributed by atoms with Crippen LogP contribution in [0.2, 0.25) is 0 Å². The molecular formula is C14H19N3. The van der Waals surface area contributed by atoms with Gasteiger partial charge in [0, 0.05) is 18.8 Å². The third-order valence-corrected chi connectivity index (χ3v) is 2.93. The van der Waals surface area contributed by atoms with Crippen LogP contribution in [-0.4, -0.2) is 9.55 Å². The smallest absolute Gasteiger partial charge is 0.0948 e. The van der Waals surface area contributed by atoms with Crippen LogP contribution in [0, 0.1) is 6.92 Å². The van der Waals surface area contributed by atoms with Gasteiger partial charge >= 0.3 is 0 Å². The predicted molar refractivity (Wildman–Crippen MR) is 69.7 cm³/mol. The van der Waals surface area contributed by atoms with E-state index in [2.05, 4.69) is 40.7 Å². The Kier molecular flexibility index (Phi) is 3.59. The lowest BCUT2D eigenvalue weighted by atomic mass is 10.1. The maximum atomic E-state index is 5.89. The van der Waals surface area contributed by atoms with Crippen LogP contribution in [0.15, 0.2) is 36.8 Å². The molecule has 0 fully saturated rings. The van der Waals surface area contributed by atoms with E-state index >= 15 is 0 Å². The van der Waals surface area contributed by atoms with Gasteiger partial charge in [-0.2, -0.15) is 0 Å². The van der Waals surface area contributed by atoms with Crippen molar-refractivity contribution in [3.63, 3.8) is 0 Å². The van der Waals surface area contributed by atoms with Gasteiger partial charge in [0.05, 0.1) is 12.0 Å². The van der Waals surface area contributed by atoms with Crippen molar-refractivity contribution >= 4 is 0 Å². The molecule has 2 N–H and O–H groups in total. The van der Waals surface area contributed by atoms with E-state index in [0.717, 1.165) is 18.7 Å². The maximum Gasteiger partial charge on any atom is 0.0948 e. The number of hydrogen-bond donors (Lipinski definition) is 1. The second kappa shape index (κ2) is 5.15. The van der Waals surface area contributed by atoms with Gasteiger partial charge in [-0.1, -0.05) is 29.8 Å². The number of benzene rings is 1. The van der Waals surface area contributed by atoms with Gasteiger partial charge in [-0.15, -0.1) is 0 Å². The van der Waals surface area contributed by atoms with E-state index in [-0.39, 0.29) is 6.04 Å². The molecule has 0 spiro atoms. The van der Waals surface area contributed by atoms with Crippen molar-refractivity contribution < 1.29 is 0 Å². The molecule has 2 rings (SSSR count). The molecule has 0 saturated heterocycles. The van der Waals surface area contributed by atoms with Gasteiger partial charge in [-0.05, 0) is 25.8 Å². The highest BCUT2D eigenvalue weighted by Crippen LogP contribution is 2.11. The topological polar surface area (TPSA) is 43.8 Å². The molecular weight excluding hydrogens is 210 g/mol. The van der Waals surface area contributed by atoms with Crippen LogP contribution in [0.4, 0.5) is 0 Å². The average molecular weight is 229 g/mol. The average Bonchev–Trinajstić information content (AvgIpc) is 2.74. The van der Waals surface area contributed by atoms with Crippen molar-refractivity contribution in [3.8, 4) is 0 Å². The van der Waals surface area contributed by atoms with Gasteiger partial charge in [0.2, 0.25) is 0 Å². The highest BCUT2D eigenvalue weighted by atomic mass is 15.1. The molecule has 2 aromatic rings. The lowest BCUT2D eigenvalue weighted by Crippen LogP contribution is -2.12. The summed E-state index contributed by atoms with van der Waals surface area (Å²) in [6.07, 6.45) is 4.72. The first kappa shape index (κ1) is 11.9. The number of imidazole rings is 1. The normalized spacial score (nSPS) is 12.6. The van der Waals surface area contributed by atoms with Crippen LogP contribution in [0.3, 0.4) is 0 Å². The number of aryl methyl sites for hydroxylation is 3. The van der Waals surface area contributed by atoms with Gasteiger partial charge in [-0.25, -0.2) is 4.98 Å². The Hall–Kier alpha value is -1.61. The van der Waals surface area contributed by atoms with Crippen molar-refractivity contribution in [1.29, 1.82) is 0 Å². The molecule has 0 aliphatic rings. The van der Waals surface area contributed by atoms with Crippen LogP contribution in [0.5, 0.6) is 0 Å². The molecule has 0 radical (unpaired) electrons. The summed E-state index contributed by atoms with van der Waals surface area (Å²) >= 11 is 0. The van der Waals surface area contributed by atoms with Crippen molar-refractivity contribution in [2.45, 2.75) is 32.9 Å². The number of rotatable bonds is 4. The van der Waals surface area contributed by atoms with Gasteiger partial charge in [0.15, 0.2) is 0 Å². The molecule has 0 aliphatic heterocycles. The Morgan fingerprint density at radius 3 is 2.94 bits per heavy atom. The summed E-state index contributed by atoms with van der Waals surface area (Å²) in [5.74, 6) is 0. The number of hydrogen-bond acceptors (Lipinski definition) is 2. The van der Waals surface area contributed by atoms with Crippen LogP contribution in [0.1, 0.15) is 29.8 Å². The zero-order chi connectivity index (χ0) is 12.3. The van der Waals surface area contributed by atoms with Crippen molar-refractivity contribution in [2.24, 2.45) is 5.73 Å². The molecule has 1 aromatic heterocycles. The molecule has 1 heterocycles. The standard InChI is InChI=1S/C14H19N3/c1-11-4-3-5-13(8-11)6-7-17-10-16-9-14(17)12(2)15/h3-5,8-10,12H,6-7,15H2,1-2H3/t12-/m1/s1. The minimum absolute atomic E-state index is 0.0370. The first-order valence-corrected chi connectivity index (χ1v) is 5.98. The Morgan fingerprint density at radius 2 is 2.24 bits per heavy atom. The highest BCUT2D eigenvalue weighted by Gasteiger charge is 2.06. The largest absolute Gasteiger partial charge is 0.333 e. The van der Waals surface area contributed by atoms with Gasteiger partial charge in [-0.3, -0.25) is 0 Å². The van der Waals surface area contributed by atoms with E-state index in [1.165, 1.54) is 11.1 Å². The Bertz CT molecular complexity index is 486. The SMILES string of the molecule is Cc1cccc(CCn2cncc2[C@@H](C)N)c1. The second-order valence-electron chi connectivity index (χ2n) is 4.54. The van der Waals surface area contributed by atoms with Crippen molar-refractivity contribution in [3.05, 3.63) is 53.6 Å². The summed E-state index contributed by atoms with van der Waals surface area (Å²) in [5.41, 5.74) is 9.65. The summed E-state index contributed by atoms with van der Waals surface area (Å²) in [7, 11) is 0. The zero-order valence-electron chi connectivity index (χ0n) is 10.4. The van der Waals surface area contributed by atoms with E-state index in [1.54, 1.807) is 0 Å². The number of aromatic nitrogens is 2. The summed E-state index contributed by atoms with van der Waals surface area (Å²) in [6.45, 7) is 5.04. The molecule has 1 aromatic carbocycles. The first-order valence-electron chi connectivity index (χ1n) is 5.98. The molecule has 17 heavy (non-hydrogen) atoms. The van der Waals surface area contributed by atoms with Gasteiger partial charge in [0.1, 0.15) is 0 Å². The highest BCUT2D eigenvalue weighted by molar-refractivity contribution is 5.22. The van der Waals surface area contributed by atoms with Gasteiger partial charge in [0.25, 0.3) is 0 Å². The fraction of sp³-hybridized carbons (Fsp3) is 0.357.